The van der Waals surface area contributed by atoms with Gasteiger partial charge in [-0.2, -0.15) is 5.10 Å². The van der Waals surface area contributed by atoms with Crippen LogP contribution in [0.25, 0.3) is 6.08 Å². The van der Waals surface area contributed by atoms with E-state index in [1.807, 2.05) is 5.43 Å². The van der Waals surface area contributed by atoms with Crippen LogP contribution in [-0.2, 0) is 0 Å². The lowest BCUT2D eigenvalue weighted by atomic mass is 10.3. The summed E-state index contributed by atoms with van der Waals surface area (Å²) in [5.41, 5.74) is 7.31. The van der Waals surface area contributed by atoms with Gasteiger partial charge in [-0.15, -0.1) is 0 Å². The Labute approximate surface area is 95.9 Å². The Kier molecular flexibility index (Phi) is 3.98. The molecule has 0 fully saturated rings. The van der Waals surface area contributed by atoms with Gasteiger partial charge in [-0.25, -0.2) is 10.2 Å². The first-order valence-corrected chi connectivity index (χ1v) is 4.51. The van der Waals surface area contributed by atoms with Crippen LogP contribution in [0.1, 0.15) is 12.7 Å². The van der Waals surface area contributed by atoms with Crippen molar-refractivity contribution < 1.29 is 14.1 Å². The summed E-state index contributed by atoms with van der Waals surface area (Å²) in [5, 5.41) is 13.9. The van der Waals surface area contributed by atoms with E-state index in [1.165, 1.54) is 24.3 Å². The minimum Gasteiger partial charge on any atom is -0.401 e. The van der Waals surface area contributed by atoms with Gasteiger partial charge in [0, 0.05) is 0 Å². The van der Waals surface area contributed by atoms with Crippen LogP contribution in [0.4, 0.5) is 10.7 Å². The average Bonchev–Trinajstić information content (AvgIpc) is 2.72. The average molecular weight is 238 g/mol. The van der Waals surface area contributed by atoms with Crippen molar-refractivity contribution in [3.63, 3.8) is 0 Å². The molecule has 0 spiro atoms. The second-order valence-electron chi connectivity index (χ2n) is 3.00. The number of rotatable bonds is 4. The van der Waals surface area contributed by atoms with Crippen LogP contribution in [-0.4, -0.2) is 16.7 Å². The largest absolute Gasteiger partial charge is 0.433 e. The predicted molar refractivity (Wildman–Crippen MR) is 60.2 cm³/mol. The van der Waals surface area contributed by atoms with Gasteiger partial charge < -0.3 is 10.2 Å². The highest BCUT2D eigenvalue weighted by molar-refractivity contribution is 5.96. The first-order valence-electron chi connectivity index (χ1n) is 4.51. The summed E-state index contributed by atoms with van der Waals surface area (Å²) >= 11 is 0. The molecule has 1 aromatic heterocycles. The number of nitrogens with one attached hydrogen (secondary N) is 1. The molecule has 0 aliphatic heterocycles. The molecule has 3 N–H and O–H groups in total. The van der Waals surface area contributed by atoms with E-state index in [0.29, 0.717) is 11.5 Å². The molecular formula is C9H10N4O4. The fourth-order valence-electron chi connectivity index (χ4n) is 0.913. The zero-order valence-electron chi connectivity index (χ0n) is 8.91. The number of nitrogens with two attached hydrogens (primary N) is 1. The van der Waals surface area contributed by atoms with Gasteiger partial charge in [0.2, 0.25) is 0 Å². The minimum atomic E-state index is -0.772. The number of hydrogen-bond acceptors (Lipinski definition) is 5. The summed E-state index contributed by atoms with van der Waals surface area (Å²) < 4.78 is 4.87. The molecule has 8 heteroatoms. The summed E-state index contributed by atoms with van der Waals surface area (Å²) in [6, 6.07) is 1.92. The van der Waals surface area contributed by atoms with Crippen molar-refractivity contribution in [3.05, 3.63) is 34.1 Å². The first-order chi connectivity index (χ1) is 7.99. The molecule has 0 radical (unpaired) electrons. The van der Waals surface area contributed by atoms with E-state index in [1.54, 1.807) is 6.92 Å². The molecule has 17 heavy (non-hydrogen) atoms. The first kappa shape index (κ1) is 12.4. The third-order valence-corrected chi connectivity index (χ3v) is 1.62. The molecule has 1 aromatic rings. The molecule has 0 saturated carbocycles. The van der Waals surface area contributed by atoms with E-state index in [9.17, 15) is 14.9 Å². The van der Waals surface area contributed by atoms with Crippen molar-refractivity contribution in [3.8, 4) is 0 Å². The van der Waals surface area contributed by atoms with E-state index in [4.69, 9.17) is 10.2 Å². The van der Waals surface area contributed by atoms with Gasteiger partial charge in [-0.3, -0.25) is 10.1 Å². The Morgan fingerprint density at radius 2 is 2.35 bits per heavy atom. The summed E-state index contributed by atoms with van der Waals surface area (Å²) in [6.07, 6.45) is 2.99. The quantitative estimate of drug-likeness (QED) is 0.465. The van der Waals surface area contributed by atoms with E-state index < -0.39 is 11.0 Å². The Bertz CT molecular complexity index is 489. The van der Waals surface area contributed by atoms with Crippen LogP contribution < -0.4 is 11.2 Å². The maximum Gasteiger partial charge on any atom is 0.433 e. The van der Waals surface area contributed by atoms with Crippen LogP contribution in [0.3, 0.4) is 0 Å². The molecule has 0 bridgehead atoms. The van der Waals surface area contributed by atoms with E-state index in [2.05, 4.69) is 5.10 Å². The fraction of sp³-hybridized carbons (Fsp3) is 0.111. The molecule has 0 unspecified atom stereocenters. The number of carbonyl (C=O) groups is 1. The maximum absolute atomic E-state index is 10.3. The number of primary amides is 1. The van der Waals surface area contributed by atoms with Gasteiger partial charge in [0.15, 0.2) is 0 Å². The van der Waals surface area contributed by atoms with Gasteiger partial charge in [-0.1, -0.05) is 0 Å². The third kappa shape index (κ3) is 4.16. The second-order valence-corrected chi connectivity index (χ2v) is 3.00. The van der Waals surface area contributed by atoms with Crippen molar-refractivity contribution in [2.45, 2.75) is 6.92 Å². The van der Waals surface area contributed by atoms with Crippen LogP contribution in [0.2, 0.25) is 0 Å². The minimum absolute atomic E-state index is 0.310. The highest BCUT2D eigenvalue weighted by Gasteiger charge is 2.09. The smallest absolute Gasteiger partial charge is 0.401 e. The van der Waals surface area contributed by atoms with Gasteiger partial charge in [0.25, 0.3) is 0 Å². The number of furan rings is 1. The van der Waals surface area contributed by atoms with E-state index >= 15 is 0 Å². The molecule has 90 valence electrons. The molecule has 0 aliphatic carbocycles. The van der Waals surface area contributed by atoms with Crippen LogP contribution in [0, 0.1) is 10.1 Å². The van der Waals surface area contributed by atoms with Gasteiger partial charge >= 0.3 is 11.9 Å². The molecule has 1 rings (SSSR count). The SMILES string of the molecule is CC(/C=C\c1ccc([N+](=O)[O-])o1)=N/NC(N)=O. The van der Waals surface area contributed by atoms with E-state index in [0.717, 1.165) is 0 Å². The topological polar surface area (TPSA) is 124 Å². The second kappa shape index (κ2) is 5.45. The van der Waals surface area contributed by atoms with Gasteiger partial charge in [0.1, 0.15) is 10.7 Å². The van der Waals surface area contributed by atoms with Crippen molar-refractivity contribution in [2.75, 3.05) is 0 Å². The molecule has 0 saturated heterocycles. The van der Waals surface area contributed by atoms with Crippen LogP contribution >= 0.6 is 0 Å². The summed E-state index contributed by atoms with van der Waals surface area (Å²) in [7, 11) is 0. The molecule has 0 aliphatic rings. The van der Waals surface area contributed by atoms with Crippen LogP contribution in [0.5, 0.6) is 0 Å². The molecule has 0 atom stereocenters. The lowest BCUT2D eigenvalue weighted by molar-refractivity contribution is -0.402. The molecule has 0 aromatic carbocycles. The summed E-state index contributed by atoms with van der Waals surface area (Å²) in [6.45, 7) is 1.61. The third-order valence-electron chi connectivity index (χ3n) is 1.62. The lowest BCUT2D eigenvalue weighted by Crippen LogP contribution is -2.25. The van der Waals surface area contributed by atoms with Crippen molar-refractivity contribution >= 4 is 23.7 Å². The molecule has 8 nitrogen and oxygen atoms in total. The number of hydrogen-bond donors (Lipinski definition) is 2. The van der Waals surface area contributed by atoms with E-state index in [-0.39, 0.29) is 5.88 Å². The highest BCUT2D eigenvalue weighted by atomic mass is 16.6. The number of nitrogens with zero attached hydrogens (tertiary/aromatic N) is 2. The number of carbonyl (C=O) groups excluding carboxylic acids is 1. The van der Waals surface area contributed by atoms with Crippen molar-refractivity contribution in [1.82, 2.24) is 5.43 Å². The standard InChI is InChI=1S/C9H10N4O4/c1-6(11-12-9(10)14)2-3-7-4-5-8(17-7)13(15)16/h2-5H,1H3,(H3,10,12,14)/b3-2-,11-6-. The monoisotopic (exact) mass is 238 g/mol. The number of hydrazone groups is 1. The number of urea groups is 1. The highest BCUT2D eigenvalue weighted by Crippen LogP contribution is 2.16. The Morgan fingerprint density at radius 3 is 2.88 bits per heavy atom. The summed E-state index contributed by atoms with van der Waals surface area (Å²) in [4.78, 5) is 20.0. The predicted octanol–water partition coefficient (Wildman–Crippen LogP) is 1.25. The Hall–Kier alpha value is -2.64. The lowest BCUT2D eigenvalue weighted by Gasteiger charge is -1.92. The molecular weight excluding hydrogens is 228 g/mol. The molecule has 1 heterocycles. The summed E-state index contributed by atoms with van der Waals surface area (Å²) in [5.74, 6) is -0.0279. The molecule has 2 amide bonds. The zero-order valence-corrected chi connectivity index (χ0v) is 8.91. The fourth-order valence-corrected chi connectivity index (χ4v) is 0.913. The Morgan fingerprint density at radius 1 is 1.65 bits per heavy atom. The van der Waals surface area contributed by atoms with Crippen molar-refractivity contribution in [1.29, 1.82) is 0 Å². The van der Waals surface area contributed by atoms with Crippen molar-refractivity contribution in [2.24, 2.45) is 10.8 Å². The Balaban J connectivity index is 2.66. The van der Waals surface area contributed by atoms with Gasteiger partial charge in [0.05, 0.1) is 11.8 Å². The number of amides is 2. The maximum atomic E-state index is 10.3. The number of nitro groups is 1. The normalized spacial score (nSPS) is 11.7. The number of allylic oxidation sites excluding steroid dienone is 1. The van der Waals surface area contributed by atoms with Gasteiger partial charge in [-0.05, 0) is 25.1 Å². The zero-order chi connectivity index (χ0) is 12.8. The van der Waals surface area contributed by atoms with Crippen LogP contribution in [0.15, 0.2) is 27.7 Å².